The zero-order chi connectivity index (χ0) is 14.3. The summed E-state index contributed by atoms with van der Waals surface area (Å²) in [6, 6.07) is 1.29. The number of carbonyl (C=O) groups is 2. The fourth-order valence-corrected chi connectivity index (χ4v) is 2.23. The lowest BCUT2D eigenvalue weighted by molar-refractivity contribution is 0.0694. The van der Waals surface area contributed by atoms with Gasteiger partial charge in [-0.15, -0.1) is 0 Å². The van der Waals surface area contributed by atoms with Gasteiger partial charge in [-0.1, -0.05) is 13.8 Å². The minimum atomic E-state index is -1.07. The van der Waals surface area contributed by atoms with E-state index in [0.717, 1.165) is 17.9 Å². The Hall–Kier alpha value is -1.43. The van der Waals surface area contributed by atoms with Crippen LogP contribution in [0.25, 0.3) is 0 Å². The monoisotopic (exact) mass is 285 g/mol. The quantitative estimate of drug-likeness (QED) is 0.717. The van der Waals surface area contributed by atoms with Crippen molar-refractivity contribution in [2.24, 2.45) is 0 Å². The molecule has 0 aliphatic rings. The molecule has 1 heterocycles. The Kier molecular flexibility index (Phi) is 6.49. The fourth-order valence-electron chi connectivity index (χ4n) is 1.59. The molecule has 1 aromatic rings. The van der Waals surface area contributed by atoms with Crippen LogP contribution < -0.4 is 5.32 Å². The number of nitrogens with one attached hydrogen (secondary N) is 1. The van der Waals surface area contributed by atoms with Crippen molar-refractivity contribution in [1.29, 1.82) is 0 Å². The van der Waals surface area contributed by atoms with Crippen LogP contribution in [0.4, 0.5) is 0 Å². The number of thioether (sulfide) groups is 1. The van der Waals surface area contributed by atoms with Crippen LogP contribution in [-0.2, 0) is 6.42 Å². The van der Waals surface area contributed by atoms with Crippen molar-refractivity contribution in [3.05, 3.63) is 23.2 Å². The largest absolute Gasteiger partial charge is 0.478 e. The summed E-state index contributed by atoms with van der Waals surface area (Å²) in [5, 5.41) is 11.7. The topological polar surface area (TPSA) is 79.5 Å². The summed E-state index contributed by atoms with van der Waals surface area (Å²) >= 11 is 1.82. The van der Waals surface area contributed by atoms with Crippen LogP contribution in [0.3, 0.4) is 0 Å². The summed E-state index contributed by atoms with van der Waals surface area (Å²) < 4.78 is 5.27. The molecule has 0 spiro atoms. The molecule has 0 fully saturated rings. The van der Waals surface area contributed by atoms with E-state index in [9.17, 15) is 9.59 Å². The number of carboxylic acid groups (broad SMARTS) is 1. The summed E-state index contributed by atoms with van der Waals surface area (Å²) in [4.78, 5) is 22.7. The minimum Gasteiger partial charge on any atom is -0.478 e. The van der Waals surface area contributed by atoms with E-state index in [2.05, 4.69) is 12.2 Å². The molecular weight excluding hydrogens is 266 g/mol. The van der Waals surface area contributed by atoms with Crippen molar-refractivity contribution >= 4 is 23.6 Å². The summed E-state index contributed by atoms with van der Waals surface area (Å²) in [5.41, 5.74) is 0.0641. The first kappa shape index (κ1) is 15.6. The lowest BCUT2D eigenvalue weighted by Crippen LogP contribution is -2.24. The van der Waals surface area contributed by atoms with Crippen LogP contribution in [0.5, 0.6) is 0 Å². The van der Waals surface area contributed by atoms with Gasteiger partial charge >= 0.3 is 5.97 Å². The molecule has 2 N–H and O–H groups in total. The molecule has 1 amide bonds. The molecule has 1 aromatic heterocycles. The van der Waals surface area contributed by atoms with Crippen LogP contribution in [0.15, 0.2) is 10.5 Å². The van der Waals surface area contributed by atoms with E-state index in [4.69, 9.17) is 9.52 Å². The van der Waals surface area contributed by atoms with Gasteiger partial charge in [0.05, 0.1) is 0 Å². The van der Waals surface area contributed by atoms with Crippen LogP contribution >= 0.6 is 11.8 Å². The summed E-state index contributed by atoms with van der Waals surface area (Å²) in [5.74, 6) is 1.03. The second kappa shape index (κ2) is 7.89. The molecule has 0 saturated heterocycles. The van der Waals surface area contributed by atoms with E-state index in [0.29, 0.717) is 18.7 Å². The predicted molar refractivity (Wildman–Crippen MR) is 75.0 cm³/mol. The number of aryl methyl sites for hydroxylation is 1. The third-order valence-electron chi connectivity index (χ3n) is 2.54. The summed E-state index contributed by atoms with van der Waals surface area (Å²) in [7, 11) is 0. The van der Waals surface area contributed by atoms with Crippen LogP contribution in [0, 0.1) is 0 Å². The van der Waals surface area contributed by atoms with Crippen LogP contribution in [0.1, 0.15) is 46.9 Å². The van der Waals surface area contributed by atoms with Crippen LogP contribution in [0.2, 0.25) is 0 Å². The van der Waals surface area contributed by atoms with Gasteiger partial charge in [0.25, 0.3) is 5.91 Å². The molecule has 0 bridgehead atoms. The molecule has 1 rings (SSSR count). The predicted octanol–water partition coefficient (Wildman–Crippen LogP) is 2.41. The molecule has 106 valence electrons. The maximum Gasteiger partial charge on any atom is 0.339 e. The van der Waals surface area contributed by atoms with Gasteiger partial charge in [-0.3, -0.25) is 4.79 Å². The Bertz CT molecular complexity index is 442. The summed E-state index contributed by atoms with van der Waals surface area (Å²) in [6.07, 6.45) is 1.33. The number of aromatic carboxylic acids is 1. The van der Waals surface area contributed by atoms with E-state index in [-0.39, 0.29) is 17.2 Å². The molecule has 0 aliphatic heterocycles. The second-order valence-electron chi connectivity index (χ2n) is 3.91. The average Bonchev–Trinajstić information content (AvgIpc) is 2.82. The molecule has 19 heavy (non-hydrogen) atoms. The second-order valence-corrected chi connectivity index (χ2v) is 5.31. The Morgan fingerprint density at radius 3 is 2.68 bits per heavy atom. The molecule has 0 aromatic carbocycles. The number of rotatable bonds is 8. The Labute approximate surface area is 116 Å². The van der Waals surface area contributed by atoms with E-state index in [1.54, 1.807) is 6.92 Å². The number of hydrogen-bond donors (Lipinski definition) is 2. The van der Waals surface area contributed by atoms with Gasteiger partial charge in [-0.05, 0) is 17.9 Å². The van der Waals surface area contributed by atoms with Crippen molar-refractivity contribution in [1.82, 2.24) is 5.32 Å². The highest BCUT2D eigenvalue weighted by Crippen LogP contribution is 2.16. The highest BCUT2D eigenvalue weighted by molar-refractivity contribution is 7.99. The smallest absolute Gasteiger partial charge is 0.339 e. The van der Waals surface area contributed by atoms with Crippen molar-refractivity contribution in [2.75, 3.05) is 18.1 Å². The van der Waals surface area contributed by atoms with Gasteiger partial charge in [0.2, 0.25) is 0 Å². The van der Waals surface area contributed by atoms with E-state index < -0.39 is 5.97 Å². The molecule has 6 heteroatoms. The third kappa shape index (κ3) is 4.63. The SMILES string of the molecule is CCSCCCNC(=O)c1cc(C(=O)O)c(CC)o1. The number of hydrogen-bond acceptors (Lipinski definition) is 4. The van der Waals surface area contributed by atoms with Gasteiger partial charge in [-0.25, -0.2) is 4.79 Å². The van der Waals surface area contributed by atoms with Gasteiger partial charge in [0.1, 0.15) is 11.3 Å². The average molecular weight is 285 g/mol. The van der Waals surface area contributed by atoms with E-state index in [1.807, 2.05) is 11.8 Å². The first-order valence-electron chi connectivity index (χ1n) is 6.32. The van der Waals surface area contributed by atoms with E-state index in [1.165, 1.54) is 6.07 Å². The van der Waals surface area contributed by atoms with Gasteiger partial charge in [0.15, 0.2) is 5.76 Å². The standard InChI is InChI=1S/C13H19NO4S/c1-3-10-9(13(16)17)8-11(18-10)12(15)14-6-5-7-19-4-2/h8H,3-7H2,1-2H3,(H,14,15)(H,16,17). The molecule has 0 radical (unpaired) electrons. The molecule has 5 nitrogen and oxygen atoms in total. The molecule has 0 unspecified atom stereocenters. The maximum absolute atomic E-state index is 11.8. The fraction of sp³-hybridized carbons (Fsp3) is 0.538. The lowest BCUT2D eigenvalue weighted by atomic mass is 10.2. The van der Waals surface area contributed by atoms with Crippen LogP contribution in [-0.4, -0.2) is 35.0 Å². The summed E-state index contributed by atoms with van der Waals surface area (Å²) in [6.45, 7) is 4.44. The molecular formula is C13H19NO4S. The molecule has 0 saturated carbocycles. The first-order valence-corrected chi connectivity index (χ1v) is 7.47. The van der Waals surface area contributed by atoms with Crippen molar-refractivity contribution in [3.63, 3.8) is 0 Å². The minimum absolute atomic E-state index is 0.0641. The molecule has 0 aliphatic carbocycles. The van der Waals surface area contributed by atoms with Gasteiger partial charge < -0.3 is 14.8 Å². The zero-order valence-corrected chi connectivity index (χ0v) is 12.0. The number of amides is 1. The van der Waals surface area contributed by atoms with Crippen molar-refractivity contribution in [3.8, 4) is 0 Å². The van der Waals surface area contributed by atoms with E-state index >= 15 is 0 Å². The molecule has 0 atom stereocenters. The zero-order valence-electron chi connectivity index (χ0n) is 11.2. The van der Waals surface area contributed by atoms with Crippen molar-refractivity contribution in [2.45, 2.75) is 26.7 Å². The Morgan fingerprint density at radius 1 is 1.42 bits per heavy atom. The van der Waals surface area contributed by atoms with Gasteiger partial charge in [0, 0.05) is 19.0 Å². The number of furan rings is 1. The van der Waals surface area contributed by atoms with Crippen molar-refractivity contribution < 1.29 is 19.1 Å². The number of carboxylic acids is 1. The Morgan fingerprint density at radius 2 is 2.16 bits per heavy atom. The normalized spacial score (nSPS) is 10.4. The third-order valence-corrected chi connectivity index (χ3v) is 3.53. The first-order chi connectivity index (χ1) is 9.10. The maximum atomic E-state index is 11.8. The highest BCUT2D eigenvalue weighted by atomic mass is 32.2. The Balaban J connectivity index is 2.55. The number of carbonyl (C=O) groups excluding carboxylic acids is 1. The lowest BCUT2D eigenvalue weighted by Gasteiger charge is -2.02. The van der Waals surface area contributed by atoms with Gasteiger partial charge in [-0.2, -0.15) is 11.8 Å². The highest BCUT2D eigenvalue weighted by Gasteiger charge is 2.19.